The molecule has 7 heteroatoms. The van der Waals surface area contributed by atoms with E-state index in [0.29, 0.717) is 24.5 Å². The van der Waals surface area contributed by atoms with Crippen LogP contribution in [0.5, 0.6) is 0 Å². The summed E-state index contributed by atoms with van der Waals surface area (Å²) in [5, 5.41) is 19.6. The van der Waals surface area contributed by atoms with E-state index in [1.165, 1.54) is 10.0 Å². The van der Waals surface area contributed by atoms with E-state index >= 15 is 0 Å². The van der Waals surface area contributed by atoms with Gasteiger partial charge in [0.25, 0.3) is 5.91 Å². The molecule has 0 atom stereocenters. The zero-order chi connectivity index (χ0) is 10.8. The maximum atomic E-state index is 11.8. The van der Waals surface area contributed by atoms with Crippen LogP contribution in [-0.2, 0) is 4.79 Å². The second-order valence-electron chi connectivity index (χ2n) is 3.33. The van der Waals surface area contributed by atoms with E-state index in [2.05, 4.69) is 15.8 Å². The Labute approximate surface area is 87.0 Å². The van der Waals surface area contributed by atoms with Crippen LogP contribution in [0.2, 0.25) is 0 Å². The lowest BCUT2D eigenvalue weighted by Crippen LogP contribution is -2.56. The molecule has 0 fully saturated rings. The van der Waals surface area contributed by atoms with Gasteiger partial charge in [-0.25, -0.2) is 5.01 Å². The Morgan fingerprint density at radius 1 is 1.53 bits per heavy atom. The average Bonchev–Trinajstić information content (AvgIpc) is 2.71. The van der Waals surface area contributed by atoms with Gasteiger partial charge in [0.2, 0.25) is 0 Å². The lowest BCUT2D eigenvalue weighted by Gasteiger charge is -2.34. The minimum absolute atomic E-state index is 0.110. The number of nitrogens with zero attached hydrogens (tertiary/aromatic N) is 4. The van der Waals surface area contributed by atoms with Gasteiger partial charge in [0.1, 0.15) is 6.73 Å². The first-order valence-corrected chi connectivity index (χ1v) is 4.85. The Morgan fingerprint density at radius 3 is 3.00 bits per heavy atom. The molecule has 2 rings (SSSR count). The van der Waals surface area contributed by atoms with Crippen molar-refractivity contribution in [3.05, 3.63) is 11.4 Å². The molecule has 0 bridgehead atoms. The number of hydrogen-bond acceptors (Lipinski definition) is 6. The normalized spacial score (nSPS) is 20.3. The smallest absolute Gasteiger partial charge is 0.271 e. The Balaban J connectivity index is 2.24. The van der Waals surface area contributed by atoms with Crippen LogP contribution in [0.1, 0.15) is 13.3 Å². The van der Waals surface area contributed by atoms with Crippen LogP contribution in [0.4, 0.5) is 0 Å². The fourth-order valence-corrected chi connectivity index (χ4v) is 1.56. The molecule has 2 N–H and O–H groups in total. The van der Waals surface area contributed by atoms with E-state index in [4.69, 9.17) is 5.11 Å². The van der Waals surface area contributed by atoms with Crippen LogP contribution >= 0.6 is 0 Å². The number of carbonyl (C=O) groups excluding carboxylic acids is 1. The van der Waals surface area contributed by atoms with E-state index in [-0.39, 0.29) is 12.6 Å². The quantitative estimate of drug-likeness (QED) is 0.664. The predicted molar refractivity (Wildman–Crippen MR) is 50.8 cm³/mol. The Morgan fingerprint density at radius 2 is 2.33 bits per heavy atom. The van der Waals surface area contributed by atoms with Crippen molar-refractivity contribution < 1.29 is 9.90 Å². The lowest BCUT2D eigenvalue weighted by molar-refractivity contribution is -0.140. The number of aliphatic hydroxyl groups excluding tert-OH is 1. The number of rotatable bonds is 3. The molecule has 15 heavy (non-hydrogen) atoms. The third-order valence-electron chi connectivity index (χ3n) is 2.25. The van der Waals surface area contributed by atoms with Crippen molar-refractivity contribution in [2.75, 3.05) is 19.8 Å². The molecule has 0 aromatic carbocycles. The summed E-state index contributed by atoms with van der Waals surface area (Å²) in [6.45, 7) is 2.62. The van der Waals surface area contributed by atoms with Crippen LogP contribution in [0.15, 0.2) is 21.6 Å². The van der Waals surface area contributed by atoms with Gasteiger partial charge >= 0.3 is 0 Å². The number of aliphatic hydroxyl groups is 1. The summed E-state index contributed by atoms with van der Waals surface area (Å²) in [4.78, 5) is 11.8. The number of nitrogens with one attached hydrogen (secondary N) is 1. The first kappa shape index (κ1) is 10.1. The Bertz CT molecular complexity index is 338. The molecule has 2 aliphatic heterocycles. The molecule has 0 saturated carbocycles. The van der Waals surface area contributed by atoms with Gasteiger partial charge in [0, 0.05) is 6.54 Å². The van der Waals surface area contributed by atoms with E-state index in [1.807, 2.05) is 6.92 Å². The maximum Gasteiger partial charge on any atom is 0.271 e. The third kappa shape index (κ3) is 1.59. The van der Waals surface area contributed by atoms with Gasteiger partial charge in [-0.2, -0.15) is 5.11 Å². The van der Waals surface area contributed by atoms with Gasteiger partial charge in [-0.3, -0.25) is 9.80 Å². The first-order chi connectivity index (χ1) is 7.27. The molecule has 82 valence electrons. The number of hydrazine groups is 2. The highest BCUT2D eigenvalue weighted by molar-refractivity contribution is 5.95. The van der Waals surface area contributed by atoms with Crippen molar-refractivity contribution in [1.29, 1.82) is 0 Å². The van der Waals surface area contributed by atoms with Crippen LogP contribution in [0.25, 0.3) is 0 Å². The summed E-state index contributed by atoms with van der Waals surface area (Å²) in [5.41, 5.74) is 3.32. The van der Waals surface area contributed by atoms with Gasteiger partial charge in [-0.05, 0) is 6.42 Å². The second kappa shape index (κ2) is 3.95. The molecule has 0 aromatic rings. The van der Waals surface area contributed by atoms with Gasteiger partial charge in [0.15, 0.2) is 5.82 Å². The third-order valence-corrected chi connectivity index (χ3v) is 2.25. The zero-order valence-corrected chi connectivity index (χ0v) is 8.47. The van der Waals surface area contributed by atoms with Crippen LogP contribution in [0, 0.1) is 0 Å². The fourth-order valence-electron chi connectivity index (χ4n) is 1.56. The highest BCUT2D eigenvalue weighted by Gasteiger charge is 2.33. The molecule has 2 aliphatic rings. The fraction of sp³-hybridized carbons (Fsp3) is 0.625. The largest absolute Gasteiger partial charge is 0.375 e. The predicted octanol–water partition coefficient (Wildman–Crippen LogP) is -0.413. The molecule has 0 unspecified atom stereocenters. The molecular weight excluding hydrogens is 198 g/mol. The molecule has 2 heterocycles. The van der Waals surface area contributed by atoms with Gasteiger partial charge < -0.3 is 5.11 Å². The molecule has 0 aliphatic carbocycles. The summed E-state index contributed by atoms with van der Waals surface area (Å²) in [6, 6.07) is 0. The van der Waals surface area contributed by atoms with E-state index in [1.54, 1.807) is 0 Å². The van der Waals surface area contributed by atoms with Gasteiger partial charge in [-0.1, -0.05) is 6.92 Å². The SMILES string of the molecule is CCCN1NN(CO)C2=C(CN=N2)C1=O. The number of amides is 1. The minimum Gasteiger partial charge on any atom is -0.375 e. The number of hydrogen-bond donors (Lipinski definition) is 2. The van der Waals surface area contributed by atoms with E-state index in [0.717, 1.165) is 6.42 Å². The highest BCUT2D eigenvalue weighted by Crippen LogP contribution is 2.23. The summed E-state index contributed by atoms with van der Waals surface area (Å²) < 4.78 is 0. The average molecular weight is 211 g/mol. The summed E-state index contributed by atoms with van der Waals surface area (Å²) >= 11 is 0. The molecule has 7 nitrogen and oxygen atoms in total. The van der Waals surface area contributed by atoms with Crippen LogP contribution < -0.4 is 5.53 Å². The zero-order valence-electron chi connectivity index (χ0n) is 8.47. The first-order valence-electron chi connectivity index (χ1n) is 4.85. The number of azo groups is 1. The summed E-state index contributed by atoms with van der Waals surface area (Å²) in [6.07, 6.45) is 0.842. The molecule has 1 amide bonds. The van der Waals surface area contributed by atoms with Crippen molar-refractivity contribution in [1.82, 2.24) is 15.6 Å². The molecular formula is C8H13N5O2. The van der Waals surface area contributed by atoms with Crippen molar-refractivity contribution >= 4 is 5.91 Å². The van der Waals surface area contributed by atoms with Gasteiger partial charge in [0.05, 0.1) is 12.1 Å². The van der Waals surface area contributed by atoms with Crippen molar-refractivity contribution in [3.8, 4) is 0 Å². The monoisotopic (exact) mass is 211 g/mol. The molecule has 0 radical (unpaired) electrons. The van der Waals surface area contributed by atoms with Gasteiger partial charge in [-0.15, -0.1) is 10.6 Å². The maximum absolute atomic E-state index is 11.8. The standard InChI is InChI=1S/C8H13N5O2/c1-2-3-12-8(15)6-4-9-10-7(6)13(5-14)11-12/h11,14H,2-5H2,1H3. The van der Waals surface area contributed by atoms with E-state index in [9.17, 15) is 4.79 Å². The molecule has 0 aromatic heterocycles. The summed E-state index contributed by atoms with van der Waals surface area (Å²) in [7, 11) is 0. The topological polar surface area (TPSA) is 80.5 Å². The number of carbonyl (C=O) groups is 1. The van der Waals surface area contributed by atoms with Crippen LogP contribution in [-0.4, -0.2) is 40.9 Å². The molecule has 0 spiro atoms. The second-order valence-corrected chi connectivity index (χ2v) is 3.33. The Kier molecular flexibility index (Phi) is 2.65. The Hall–Kier alpha value is -1.47. The van der Waals surface area contributed by atoms with Crippen LogP contribution in [0.3, 0.4) is 0 Å². The van der Waals surface area contributed by atoms with Crippen molar-refractivity contribution in [3.63, 3.8) is 0 Å². The van der Waals surface area contributed by atoms with Crippen molar-refractivity contribution in [2.24, 2.45) is 10.2 Å². The highest BCUT2D eigenvalue weighted by atomic mass is 16.3. The summed E-state index contributed by atoms with van der Waals surface area (Å²) in [5.74, 6) is 0.316. The van der Waals surface area contributed by atoms with E-state index < -0.39 is 0 Å². The van der Waals surface area contributed by atoms with Crippen molar-refractivity contribution in [2.45, 2.75) is 13.3 Å². The lowest BCUT2D eigenvalue weighted by atomic mass is 10.2. The molecule has 0 saturated heterocycles. The minimum atomic E-state index is -0.245.